The van der Waals surface area contributed by atoms with Crippen molar-refractivity contribution in [1.29, 1.82) is 0 Å². The highest BCUT2D eigenvalue weighted by molar-refractivity contribution is 5.92. The Morgan fingerprint density at radius 1 is 1.03 bits per heavy atom. The van der Waals surface area contributed by atoms with Gasteiger partial charge in [-0.25, -0.2) is 4.79 Å². The molecular weight excluding hydrogens is 436 g/mol. The summed E-state index contributed by atoms with van der Waals surface area (Å²) in [6.07, 6.45) is 2.85. The highest BCUT2D eigenvalue weighted by atomic mass is 16.2. The molecule has 1 atom stereocenters. The van der Waals surface area contributed by atoms with Crippen LogP contribution in [0.4, 0.5) is 10.5 Å². The molecule has 1 aliphatic rings. The molecule has 1 unspecified atom stereocenters. The first kappa shape index (κ1) is 24.6. The lowest BCUT2D eigenvalue weighted by molar-refractivity contribution is -0.134. The SMILES string of the molecule is CCCN(CC(=O)N1CCn2cccc2C1c1ccc(C(C)C)cc1)C(=O)Nc1ccc(C)cc1. The maximum absolute atomic E-state index is 13.7. The van der Waals surface area contributed by atoms with Gasteiger partial charge in [0.2, 0.25) is 5.91 Å². The number of hydrogen-bond acceptors (Lipinski definition) is 2. The summed E-state index contributed by atoms with van der Waals surface area (Å²) in [7, 11) is 0. The Kier molecular flexibility index (Phi) is 7.59. The Balaban J connectivity index is 1.55. The van der Waals surface area contributed by atoms with Gasteiger partial charge in [-0.15, -0.1) is 0 Å². The van der Waals surface area contributed by atoms with Crippen LogP contribution in [0.5, 0.6) is 0 Å². The molecule has 0 spiro atoms. The van der Waals surface area contributed by atoms with E-state index in [1.54, 1.807) is 4.90 Å². The van der Waals surface area contributed by atoms with E-state index in [2.05, 4.69) is 60.3 Å². The average Bonchev–Trinajstić information content (AvgIpc) is 3.33. The van der Waals surface area contributed by atoms with Crippen molar-refractivity contribution in [2.45, 2.75) is 52.6 Å². The Morgan fingerprint density at radius 3 is 2.40 bits per heavy atom. The van der Waals surface area contributed by atoms with Crippen LogP contribution in [0.2, 0.25) is 0 Å². The number of aryl methyl sites for hydroxylation is 1. The first-order chi connectivity index (χ1) is 16.9. The Labute approximate surface area is 208 Å². The van der Waals surface area contributed by atoms with Crippen molar-refractivity contribution >= 4 is 17.6 Å². The molecule has 184 valence electrons. The smallest absolute Gasteiger partial charge is 0.322 e. The van der Waals surface area contributed by atoms with Crippen LogP contribution in [0.3, 0.4) is 0 Å². The van der Waals surface area contributed by atoms with Crippen molar-refractivity contribution in [2.24, 2.45) is 0 Å². The fourth-order valence-electron chi connectivity index (χ4n) is 4.68. The summed E-state index contributed by atoms with van der Waals surface area (Å²) >= 11 is 0. The summed E-state index contributed by atoms with van der Waals surface area (Å²) in [4.78, 5) is 30.3. The number of anilines is 1. The summed E-state index contributed by atoms with van der Waals surface area (Å²) < 4.78 is 2.22. The molecule has 0 aliphatic carbocycles. The van der Waals surface area contributed by atoms with Gasteiger partial charge in [-0.2, -0.15) is 0 Å². The second-order valence-corrected chi connectivity index (χ2v) is 9.66. The van der Waals surface area contributed by atoms with E-state index in [4.69, 9.17) is 0 Å². The third kappa shape index (κ3) is 5.59. The van der Waals surface area contributed by atoms with Crippen molar-refractivity contribution in [3.8, 4) is 0 Å². The minimum Gasteiger partial charge on any atom is -0.348 e. The van der Waals surface area contributed by atoms with Crippen LogP contribution in [0.1, 0.15) is 61.5 Å². The Morgan fingerprint density at radius 2 is 1.74 bits per heavy atom. The van der Waals surface area contributed by atoms with Crippen LogP contribution in [0.25, 0.3) is 0 Å². The van der Waals surface area contributed by atoms with E-state index in [0.717, 1.165) is 35.5 Å². The number of carbonyl (C=O) groups is 2. The van der Waals surface area contributed by atoms with E-state index in [9.17, 15) is 9.59 Å². The number of amides is 3. The Bertz CT molecular complexity index is 1150. The van der Waals surface area contributed by atoms with E-state index < -0.39 is 0 Å². The third-order valence-corrected chi connectivity index (χ3v) is 6.69. The number of urea groups is 1. The molecular formula is C29H36N4O2. The maximum Gasteiger partial charge on any atom is 0.322 e. The lowest BCUT2D eigenvalue weighted by atomic mass is 9.95. The zero-order valence-corrected chi connectivity index (χ0v) is 21.2. The predicted octanol–water partition coefficient (Wildman–Crippen LogP) is 5.80. The second-order valence-electron chi connectivity index (χ2n) is 9.66. The fraction of sp³-hybridized carbons (Fsp3) is 0.379. The van der Waals surface area contributed by atoms with E-state index in [1.165, 1.54) is 5.56 Å². The van der Waals surface area contributed by atoms with Crippen molar-refractivity contribution in [3.05, 3.63) is 89.2 Å². The normalized spacial score (nSPS) is 15.1. The molecule has 1 N–H and O–H groups in total. The standard InChI is InChI=1S/C29H36N4O2/c1-5-16-32(29(35)30-25-14-8-22(4)9-15-25)20-27(34)33-19-18-31-17-6-7-26(31)28(33)24-12-10-23(11-13-24)21(2)3/h6-15,17,21,28H,5,16,18-20H2,1-4H3,(H,30,35). The summed E-state index contributed by atoms with van der Waals surface area (Å²) in [5, 5.41) is 2.95. The molecule has 2 aromatic carbocycles. The van der Waals surface area contributed by atoms with E-state index >= 15 is 0 Å². The number of nitrogens with zero attached hydrogens (tertiary/aromatic N) is 3. The van der Waals surface area contributed by atoms with Crippen LogP contribution in [-0.2, 0) is 11.3 Å². The van der Waals surface area contributed by atoms with Gasteiger partial charge in [0.05, 0.1) is 6.04 Å². The van der Waals surface area contributed by atoms with Gasteiger partial charge in [0.15, 0.2) is 0 Å². The topological polar surface area (TPSA) is 57.6 Å². The van der Waals surface area contributed by atoms with Gasteiger partial charge in [-0.3, -0.25) is 4.79 Å². The zero-order valence-electron chi connectivity index (χ0n) is 21.2. The number of rotatable bonds is 7. The van der Waals surface area contributed by atoms with Crippen LogP contribution in [-0.4, -0.2) is 45.9 Å². The van der Waals surface area contributed by atoms with Crippen LogP contribution >= 0.6 is 0 Å². The molecule has 0 saturated carbocycles. The number of carbonyl (C=O) groups excluding carboxylic acids is 2. The van der Waals surface area contributed by atoms with Crippen molar-refractivity contribution in [1.82, 2.24) is 14.4 Å². The minimum absolute atomic E-state index is 0.0390. The van der Waals surface area contributed by atoms with Crippen molar-refractivity contribution in [3.63, 3.8) is 0 Å². The first-order valence-electron chi connectivity index (χ1n) is 12.5. The van der Waals surface area contributed by atoms with E-state index in [-0.39, 0.29) is 24.5 Å². The number of nitrogens with one attached hydrogen (secondary N) is 1. The van der Waals surface area contributed by atoms with Crippen molar-refractivity contribution < 1.29 is 9.59 Å². The van der Waals surface area contributed by atoms with Gasteiger partial charge in [-0.1, -0.05) is 62.7 Å². The molecule has 3 amide bonds. The minimum atomic E-state index is -0.248. The molecule has 6 heteroatoms. The third-order valence-electron chi connectivity index (χ3n) is 6.69. The molecule has 1 aromatic heterocycles. The Hall–Kier alpha value is -3.54. The molecule has 0 radical (unpaired) electrons. The molecule has 6 nitrogen and oxygen atoms in total. The second kappa shape index (κ2) is 10.8. The molecule has 35 heavy (non-hydrogen) atoms. The number of benzene rings is 2. The van der Waals surface area contributed by atoms with Gasteiger partial charge in [0.1, 0.15) is 6.54 Å². The number of aromatic nitrogens is 1. The zero-order chi connectivity index (χ0) is 24.9. The van der Waals surface area contributed by atoms with Crippen LogP contribution in [0.15, 0.2) is 66.9 Å². The first-order valence-corrected chi connectivity index (χ1v) is 12.5. The highest BCUT2D eigenvalue weighted by Crippen LogP contribution is 2.33. The molecule has 1 aliphatic heterocycles. The summed E-state index contributed by atoms with van der Waals surface area (Å²) in [6.45, 7) is 10.3. The summed E-state index contributed by atoms with van der Waals surface area (Å²) in [6, 6.07) is 20.0. The van der Waals surface area contributed by atoms with E-state index in [0.29, 0.717) is 19.0 Å². The molecule has 3 aromatic rings. The van der Waals surface area contributed by atoms with Crippen LogP contribution in [0, 0.1) is 6.92 Å². The number of fused-ring (bicyclic) bond motifs is 1. The molecule has 0 bridgehead atoms. The average molecular weight is 473 g/mol. The molecule has 0 saturated heterocycles. The lowest BCUT2D eigenvalue weighted by Gasteiger charge is -2.38. The quantitative estimate of drug-likeness (QED) is 0.473. The molecule has 0 fully saturated rings. The largest absolute Gasteiger partial charge is 0.348 e. The predicted molar refractivity (Wildman–Crippen MR) is 141 cm³/mol. The monoisotopic (exact) mass is 472 g/mol. The molecule has 4 rings (SSSR count). The van der Waals surface area contributed by atoms with Crippen molar-refractivity contribution in [2.75, 3.05) is 25.0 Å². The number of hydrogen-bond donors (Lipinski definition) is 1. The van der Waals surface area contributed by atoms with Gasteiger partial charge in [0.25, 0.3) is 0 Å². The van der Waals surface area contributed by atoms with E-state index in [1.807, 2.05) is 49.1 Å². The summed E-state index contributed by atoms with van der Waals surface area (Å²) in [5.74, 6) is 0.412. The van der Waals surface area contributed by atoms with Gasteiger partial charge < -0.3 is 19.7 Å². The van der Waals surface area contributed by atoms with Gasteiger partial charge in [-0.05, 0) is 54.7 Å². The van der Waals surface area contributed by atoms with Gasteiger partial charge >= 0.3 is 6.03 Å². The maximum atomic E-state index is 13.7. The highest BCUT2D eigenvalue weighted by Gasteiger charge is 2.33. The molecule has 2 heterocycles. The van der Waals surface area contributed by atoms with Gasteiger partial charge in [0, 0.05) is 37.2 Å². The lowest BCUT2D eigenvalue weighted by Crippen LogP contribution is -2.48. The fourth-order valence-corrected chi connectivity index (χ4v) is 4.68. The van der Waals surface area contributed by atoms with Crippen LogP contribution < -0.4 is 5.32 Å². The summed E-state index contributed by atoms with van der Waals surface area (Å²) in [5.41, 5.74) is 5.33.